The number of benzene rings is 1. The van der Waals surface area contributed by atoms with E-state index in [9.17, 15) is 13.2 Å². The Morgan fingerprint density at radius 3 is 2.63 bits per heavy atom. The van der Waals surface area contributed by atoms with E-state index in [1.54, 1.807) is 54.0 Å². The summed E-state index contributed by atoms with van der Waals surface area (Å²) in [5.74, 6) is -0.0418. The summed E-state index contributed by atoms with van der Waals surface area (Å²) in [4.78, 5) is 19.2. The summed E-state index contributed by atoms with van der Waals surface area (Å²) in [6, 6.07) is 6.56. The molecule has 1 fully saturated rings. The molecule has 27 heavy (non-hydrogen) atoms. The van der Waals surface area contributed by atoms with E-state index in [0.29, 0.717) is 0 Å². The predicted octanol–water partition coefficient (Wildman–Crippen LogP) is 3.16. The summed E-state index contributed by atoms with van der Waals surface area (Å²) in [5.41, 5.74) is 0.781. The van der Waals surface area contributed by atoms with Gasteiger partial charge in [-0.25, -0.2) is 17.7 Å². The number of thiazole rings is 1. The number of piperidine rings is 1. The molecule has 0 N–H and O–H groups in total. The van der Waals surface area contributed by atoms with Gasteiger partial charge in [0.05, 0.1) is 10.9 Å². The number of nitrogens with zero attached hydrogens (tertiary/aromatic N) is 3. The molecule has 2 heterocycles. The molecule has 2 aromatic rings. The van der Waals surface area contributed by atoms with Gasteiger partial charge >= 0.3 is 0 Å². The zero-order valence-electron chi connectivity index (χ0n) is 15.4. The molecule has 6 nitrogen and oxygen atoms in total. The van der Waals surface area contributed by atoms with Crippen LogP contribution in [0.25, 0.3) is 6.08 Å². The molecule has 1 aromatic carbocycles. The van der Waals surface area contributed by atoms with Crippen LogP contribution in [0.3, 0.4) is 0 Å². The molecule has 1 unspecified atom stereocenters. The average Bonchev–Trinajstić information content (AvgIpc) is 3.21. The quantitative estimate of drug-likeness (QED) is 0.717. The van der Waals surface area contributed by atoms with Crippen LogP contribution in [0.15, 0.2) is 46.8 Å². The lowest BCUT2D eigenvalue weighted by Crippen LogP contribution is -2.37. The molecular formula is C19H23N3O3S2. The fourth-order valence-corrected chi connectivity index (χ4v) is 4.76. The molecule has 1 aliphatic heterocycles. The molecule has 1 amide bonds. The van der Waals surface area contributed by atoms with E-state index in [-0.39, 0.29) is 16.8 Å². The van der Waals surface area contributed by atoms with Crippen LogP contribution >= 0.6 is 11.3 Å². The molecule has 0 aliphatic carbocycles. The Kier molecular flexibility index (Phi) is 6.08. The van der Waals surface area contributed by atoms with E-state index in [4.69, 9.17) is 0 Å². The number of hydrogen-bond donors (Lipinski definition) is 0. The van der Waals surface area contributed by atoms with Gasteiger partial charge in [0, 0.05) is 38.3 Å². The summed E-state index contributed by atoms with van der Waals surface area (Å²) >= 11 is 1.58. The fourth-order valence-electron chi connectivity index (χ4n) is 3.08. The Morgan fingerprint density at radius 2 is 2.00 bits per heavy atom. The molecule has 0 radical (unpaired) electrons. The Morgan fingerprint density at radius 1 is 1.26 bits per heavy atom. The third-order valence-corrected chi connectivity index (χ3v) is 7.31. The van der Waals surface area contributed by atoms with E-state index in [1.807, 2.05) is 10.3 Å². The minimum Gasteiger partial charge on any atom is -0.330 e. The lowest BCUT2D eigenvalue weighted by atomic mass is 10.0. The molecule has 1 aromatic heterocycles. The van der Waals surface area contributed by atoms with Gasteiger partial charge in [0.25, 0.3) is 0 Å². The summed E-state index contributed by atoms with van der Waals surface area (Å²) in [6.45, 7) is 0.730. The summed E-state index contributed by atoms with van der Waals surface area (Å²) in [5, 5.41) is 2.92. The minimum atomic E-state index is -3.45. The summed E-state index contributed by atoms with van der Waals surface area (Å²) < 4.78 is 25.4. The largest absolute Gasteiger partial charge is 0.330 e. The van der Waals surface area contributed by atoms with Crippen molar-refractivity contribution in [3.05, 3.63) is 52.5 Å². The number of rotatable bonds is 5. The monoisotopic (exact) mass is 405 g/mol. The molecule has 0 saturated carbocycles. The first kappa shape index (κ1) is 19.7. The maximum Gasteiger partial charge on any atom is 0.247 e. The van der Waals surface area contributed by atoms with Crippen molar-refractivity contribution in [3.8, 4) is 0 Å². The first-order valence-electron chi connectivity index (χ1n) is 8.80. The number of carbonyl (C=O) groups is 1. The van der Waals surface area contributed by atoms with Gasteiger partial charge in [-0.2, -0.15) is 0 Å². The highest BCUT2D eigenvalue weighted by Crippen LogP contribution is 2.32. The normalized spacial score (nSPS) is 18.3. The second kappa shape index (κ2) is 8.33. The van der Waals surface area contributed by atoms with Crippen LogP contribution in [0, 0.1) is 0 Å². The van der Waals surface area contributed by atoms with Crippen LogP contribution in [0.2, 0.25) is 0 Å². The molecule has 1 atom stereocenters. The maximum atomic E-state index is 12.7. The van der Waals surface area contributed by atoms with E-state index >= 15 is 0 Å². The van der Waals surface area contributed by atoms with Gasteiger partial charge in [-0.15, -0.1) is 11.3 Å². The van der Waals surface area contributed by atoms with Crippen molar-refractivity contribution in [1.82, 2.24) is 14.2 Å². The third kappa shape index (κ3) is 4.45. The van der Waals surface area contributed by atoms with E-state index in [0.717, 1.165) is 36.4 Å². The van der Waals surface area contributed by atoms with Crippen molar-refractivity contribution < 1.29 is 13.2 Å². The number of aromatic nitrogens is 1. The summed E-state index contributed by atoms with van der Waals surface area (Å²) in [6.07, 6.45) is 8.09. The van der Waals surface area contributed by atoms with Gasteiger partial charge in [-0.05, 0) is 43.0 Å². The highest BCUT2D eigenvalue weighted by atomic mass is 32.2. The second-order valence-electron chi connectivity index (χ2n) is 6.60. The number of hydrogen-bond acceptors (Lipinski definition) is 5. The lowest BCUT2D eigenvalue weighted by molar-refractivity contribution is -0.129. The molecule has 1 aliphatic rings. The standard InChI is InChI=1S/C19H23N3O3S2/c1-21(2)27(24,25)16-9-6-15(7-10-16)8-11-18(23)22-13-4-3-5-17(22)19-20-12-14-26-19/h6-12,14,17H,3-5,13H2,1-2H3/b11-8+. The second-order valence-corrected chi connectivity index (χ2v) is 9.68. The molecule has 1 saturated heterocycles. The molecule has 144 valence electrons. The average molecular weight is 406 g/mol. The van der Waals surface area contributed by atoms with Crippen molar-refractivity contribution in [2.75, 3.05) is 20.6 Å². The molecule has 3 rings (SSSR count). The van der Waals surface area contributed by atoms with Gasteiger partial charge in [-0.3, -0.25) is 4.79 Å². The number of sulfonamides is 1. The number of amides is 1. The Hall–Kier alpha value is -2.03. The maximum absolute atomic E-state index is 12.7. The molecule has 0 bridgehead atoms. The summed E-state index contributed by atoms with van der Waals surface area (Å²) in [7, 11) is -0.448. The smallest absolute Gasteiger partial charge is 0.247 e. The Bertz CT molecular complexity index is 904. The molecule has 0 spiro atoms. The highest BCUT2D eigenvalue weighted by Gasteiger charge is 2.28. The van der Waals surface area contributed by atoms with Gasteiger partial charge < -0.3 is 4.90 Å². The third-order valence-electron chi connectivity index (χ3n) is 4.60. The Labute approximate surface area is 164 Å². The van der Waals surface area contributed by atoms with Crippen LogP contribution in [-0.4, -0.2) is 49.2 Å². The van der Waals surface area contributed by atoms with Crippen LogP contribution in [0.5, 0.6) is 0 Å². The lowest BCUT2D eigenvalue weighted by Gasteiger charge is -2.33. The minimum absolute atomic E-state index is 0.0418. The SMILES string of the molecule is CN(C)S(=O)(=O)c1ccc(/C=C/C(=O)N2CCCCC2c2nccs2)cc1. The zero-order valence-corrected chi connectivity index (χ0v) is 17.0. The van der Waals surface area contributed by atoms with E-state index < -0.39 is 10.0 Å². The van der Waals surface area contributed by atoms with Crippen LogP contribution in [-0.2, 0) is 14.8 Å². The number of carbonyl (C=O) groups excluding carboxylic acids is 1. The highest BCUT2D eigenvalue weighted by molar-refractivity contribution is 7.89. The van der Waals surface area contributed by atoms with Crippen LogP contribution < -0.4 is 0 Å². The number of likely N-dealkylation sites (tertiary alicyclic amines) is 1. The van der Waals surface area contributed by atoms with Gasteiger partial charge in [0.1, 0.15) is 5.01 Å². The predicted molar refractivity (Wildman–Crippen MR) is 107 cm³/mol. The zero-order chi connectivity index (χ0) is 19.4. The van der Waals surface area contributed by atoms with E-state index in [2.05, 4.69) is 4.98 Å². The topological polar surface area (TPSA) is 70.6 Å². The van der Waals surface area contributed by atoms with Crippen LogP contribution in [0.1, 0.15) is 35.9 Å². The first-order chi connectivity index (χ1) is 12.9. The molecule has 8 heteroatoms. The van der Waals surface area contributed by atoms with Crippen molar-refractivity contribution >= 4 is 33.3 Å². The Balaban J connectivity index is 1.72. The van der Waals surface area contributed by atoms with Crippen molar-refractivity contribution in [3.63, 3.8) is 0 Å². The van der Waals surface area contributed by atoms with Crippen molar-refractivity contribution in [2.24, 2.45) is 0 Å². The van der Waals surface area contributed by atoms with Crippen LogP contribution in [0.4, 0.5) is 0 Å². The van der Waals surface area contributed by atoms with Crippen molar-refractivity contribution in [2.45, 2.75) is 30.2 Å². The van der Waals surface area contributed by atoms with Gasteiger partial charge in [-0.1, -0.05) is 12.1 Å². The van der Waals surface area contributed by atoms with Crippen molar-refractivity contribution in [1.29, 1.82) is 0 Å². The van der Waals surface area contributed by atoms with Gasteiger partial charge in [0.2, 0.25) is 15.9 Å². The fraction of sp³-hybridized carbons (Fsp3) is 0.368. The first-order valence-corrected chi connectivity index (χ1v) is 11.1. The van der Waals surface area contributed by atoms with E-state index in [1.165, 1.54) is 18.4 Å². The molecular weight excluding hydrogens is 382 g/mol. The van der Waals surface area contributed by atoms with Gasteiger partial charge in [0.15, 0.2) is 0 Å².